The second-order valence-corrected chi connectivity index (χ2v) is 8.08. The van der Waals surface area contributed by atoms with Gasteiger partial charge in [-0.3, -0.25) is 9.59 Å². The van der Waals surface area contributed by atoms with Crippen molar-refractivity contribution >= 4 is 29.1 Å². The Labute approximate surface area is 199 Å². The summed E-state index contributed by atoms with van der Waals surface area (Å²) in [4.78, 5) is 29.9. The van der Waals surface area contributed by atoms with E-state index < -0.39 is 17.7 Å². The van der Waals surface area contributed by atoms with Crippen molar-refractivity contribution in [1.29, 1.82) is 0 Å². The number of ether oxygens (including phenoxy) is 2. The zero-order valence-electron chi connectivity index (χ0n) is 19.3. The molecule has 7 nitrogen and oxygen atoms in total. The summed E-state index contributed by atoms with van der Waals surface area (Å²) < 4.78 is 10.8. The van der Waals surface area contributed by atoms with Gasteiger partial charge in [0.25, 0.3) is 11.7 Å². The number of rotatable bonds is 9. The lowest BCUT2D eigenvalue weighted by atomic mass is 9.95. The van der Waals surface area contributed by atoms with Crippen LogP contribution in [0.5, 0.6) is 11.5 Å². The van der Waals surface area contributed by atoms with Crippen LogP contribution >= 0.6 is 11.6 Å². The molecule has 1 saturated heterocycles. The summed E-state index contributed by atoms with van der Waals surface area (Å²) in [6.07, 6.45) is 0. The van der Waals surface area contributed by atoms with Gasteiger partial charge in [0.05, 0.1) is 25.8 Å². The largest absolute Gasteiger partial charge is 0.507 e. The Morgan fingerprint density at radius 1 is 1.03 bits per heavy atom. The summed E-state index contributed by atoms with van der Waals surface area (Å²) >= 11 is 5.98. The first-order chi connectivity index (χ1) is 15.9. The minimum atomic E-state index is -0.768. The summed E-state index contributed by atoms with van der Waals surface area (Å²) in [6.45, 7) is 6.68. The Balaban J connectivity index is 2.14. The number of Topliss-reactive ketones (excluding diaryl/α,β-unsaturated/α-hetero) is 1. The zero-order valence-corrected chi connectivity index (χ0v) is 20.1. The monoisotopic (exact) mass is 472 g/mol. The van der Waals surface area contributed by atoms with Crippen molar-refractivity contribution in [3.8, 4) is 11.5 Å². The highest BCUT2D eigenvalue weighted by Gasteiger charge is 2.46. The first-order valence-corrected chi connectivity index (χ1v) is 11.2. The second kappa shape index (κ2) is 10.7. The number of likely N-dealkylation sites (N-methyl/N-ethyl adjacent to an activating group) is 1. The van der Waals surface area contributed by atoms with Crippen molar-refractivity contribution in [3.63, 3.8) is 0 Å². The molecule has 2 aromatic carbocycles. The molecule has 1 N–H and O–H groups in total. The number of nitrogens with zero attached hydrogens (tertiary/aromatic N) is 2. The molecule has 176 valence electrons. The molecule has 1 aliphatic heterocycles. The van der Waals surface area contributed by atoms with Crippen LogP contribution in [0.1, 0.15) is 31.0 Å². The zero-order chi connectivity index (χ0) is 24.1. The van der Waals surface area contributed by atoms with E-state index in [0.29, 0.717) is 40.7 Å². The lowest BCUT2D eigenvalue weighted by molar-refractivity contribution is -0.140. The maximum Gasteiger partial charge on any atom is 0.295 e. The van der Waals surface area contributed by atoms with E-state index in [1.54, 1.807) is 42.5 Å². The number of ketones is 1. The number of methoxy groups -OCH3 is 2. The van der Waals surface area contributed by atoms with E-state index in [1.807, 2.05) is 13.8 Å². The number of hydrogen-bond acceptors (Lipinski definition) is 6. The quantitative estimate of drug-likeness (QED) is 0.336. The summed E-state index contributed by atoms with van der Waals surface area (Å²) in [5, 5.41) is 11.6. The molecule has 1 aliphatic rings. The highest BCUT2D eigenvalue weighted by molar-refractivity contribution is 6.46. The van der Waals surface area contributed by atoms with Gasteiger partial charge in [-0.1, -0.05) is 31.5 Å². The Hall–Kier alpha value is -3.03. The van der Waals surface area contributed by atoms with Gasteiger partial charge < -0.3 is 24.4 Å². The fraction of sp³-hybridized carbons (Fsp3) is 0.360. The van der Waals surface area contributed by atoms with Crippen LogP contribution in [0.25, 0.3) is 5.76 Å². The maximum absolute atomic E-state index is 13.1. The summed E-state index contributed by atoms with van der Waals surface area (Å²) in [6, 6.07) is 10.9. The number of amides is 1. The number of aliphatic hydroxyl groups is 1. The third-order valence-electron chi connectivity index (χ3n) is 5.93. The predicted molar refractivity (Wildman–Crippen MR) is 128 cm³/mol. The molecule has 0 spiro atoms. The molecule has 2 aromatic rings. The van der Waals surface area contributed by atoms with Gasteiger partial charge in [-0.05, 0) is 55.1 Å². The highest BCUT2D eigenvalue weighted by Crippen LogP contribution is 2.41. The van der Waals surface area contributed by atoms with Crippen LogP contribution in [0.4, 0.5) is 0 Å². The van der Waals surface area contributed by atoms with E-state index in [4.69, 9.17) is 21.1 Å². The van der Waals surface area contributed by atoms with E-state index in [2.05, 4.69) is 4.90 Å². The molecule has 0 saturated carbocycles. The number of carbonyl (C=O) groups is 2. The first-order valence-electron chi connectivity index (χ1n) is 10.8. The van der Waals surface area contributed by atoms with Gasteiger partial charge >= 0.3 is 0 Å². The molecule has 1 heterocycles. The van der Waals surface area contributed by atoms with Gasteiger partial charge in [-0.2, -0.15) is 0 Å². The van der Waals surface area contributed by atoms with Crippen molar-refractivity contribution in [2.45, 2.75) is 19.9 Å². The standard InChI is InChI=1S/C25H29ClN2O5/c1-5-27(6-2)13-14-28-22(17-9-12-19(32-3)20(15-17)33-4)21(24(30)25(28)31)23(29)16-7-10-18(26)11-8-16/h7-12,15,22,29H,5-6,13-14H2,1-4H3/t22-/m1/s1. The molecule has 0 unspecified atom stereocenters. The van der Waals surface area contributed by atoms with Gasteiger partial charge in [0.15, 0.2) is 11.5 Å². The van der Waals surface area contributed by atoms with Crippen molar-refractivity contribution in [1.82, 2.24) is 9.80 Å². The summed E-state index contributed by atoms with van der Waals surface area (Å²) in [5.74, 6) is -0.607. The van der Waals surface area contributed by atoms with Crippen molar-refractivity contribution < 1.29 is 24.2 Å². The Morgan fingerprint density at radius 3 is 2.24 bits per heavy atom. The Kier molecular flexibility index (Phi) is 8.00. The van der Waals surface area contributed by atoms with E-state index in [-0.39, 0.29) is 11.3 Å². The molecule has 33 heavy (non-hydrogen) atoms. The number of halogens is 1. The van der Waals surface area contributed by atoms with E-state index >= 15 is 0 Å². The molecule has 0 radical (unpaired) electrons. The molecular formula is C25H29ClN2O5. The smallest absolute Gasteiger partial charge is 0.295 e. The molecule has 8 heteroatoms. The minimum absolute atomic E-state index is 0.0362. The second-order valence-electron chi connectivity index (χ2n) is 7.64. The Bertz CT molecular complexity index is 1050. The van der Waals surface area contributed by atoms with Crippen LogP contribution in [0.2, 0.25) is 5.02 Å². The highest BCUT2D eigenvalue weighted by atomic mass is 35.5. The van der Waals surface area contributed by atoms with Gasteiger partial charge in [0.2, 0.25) is 0 Å². The van der Waals surface area contributed by atoms with Gasteiger partial charge in [-0.25, -0.2) is 0 Å². The fourth-order valence-electron chi connectivity index (χ4n) is 4.03. The van der Waals surface area contributed by atoms with Gasteiger partial charge in [-0.15, -0.1) is 0 Å². The van der Waals surface area contributed by atoms with Crippen LogP contribution in [0.15, 0.2) is 48.0 Å². The third-order valence-corrected chi connectivity index (χ3v) is 6.18. The molecule has 1 atom stereocenters. The first kappa shape index (κ1) is 24.6. The Morgan fingerprint density at radius 2 is 1.67 bits per heavy atom. The number of likely N-dealkylation sites (tertiary alicyclic amines) is 1. The fourth-order valence-corrected chi connectivity index (χ4v) is 4.16. The van der Waals surface area contributed by atoms with E-state index in [1.165, 1.54) is 19.1 Å². The minimum Gasteiger partial charge on any atom is -0.507 e. The average molecular weight is 473 g/mol. The number of carbonyl (C=O) groups excluding carboxylic acids is 2. The van der Waals surface area contributed by atoms with Crippen LogP contribution in [0.3, 0.4) is 0 Å². The van der Waals surface area contributed by atoms with Crippen LogP contribution in [0, 0.1) is 0 Å². The summed E-state index contributed by atoms with van der Waals surface area (Å²) in [5.41, 5.74) is 1.09. The predicted octanol–water partition coefficient (Wildman–Crippen LogP) is 4.12. The molecule has 0 aliphatic carbocycles. The van der Waals surface area contributed by atoms with Crippen LogP contribution in [-0.2, 0) is 9.59 Å². The lowest BCUT2D eigenvalue weighted by Crippen LogP contribution is -2.38. The van der Waals surface area contributed by atoms with Crippen LogP contribution < -0.4 is 9.47 Å². The number of aliphatic hydroxyl groups excluding tert-OH is 1. The van der Waals surface area contributed by atoms with Gasteiger partial charge in [0, 0.05) is 23.7 Å². The van der Waals surface area contributed by atoms with Crippen molar-refractivity contribution in [2.75, 3.05) is 40.4 Å². The van der Waals surface area contributed by atoms with E-state index in [9.17, 15) is 14.7 Å². The molecule has 0 bridgehead atoms. The van der Waals surface area contributed by atoms with Crippen molar-refractivity contribution in [2.24, 2.45) is 0 Å². The van der Waals surface area contributed by atoms with Crippen LogP contribution in [-0.4, -0.2) is 67.0 Å². The molecule has 0 aromatic heterocycles. The normalized spacial score (nSPS) is 17.6. The molecule has 1 fully saturated rings. The topological polar surface area (TPSA) is 79.3 Å². The average Bonchev–Trinajstić information content (AvgIpc) is 3.09. The molecule has 1 amide bonds. The van der Waals surface area contributed by atoms with Gasteiger partial charge in [0.1, 0.15) is 5.76 Å². The van der Waals surface area contributed by atoms with E-state index in [0.717, 1.165) is 13.1 Å². The summed E-state index contributed by atoms with van der Waals surface area (Å²) in [7, 11) is 3.06. The molecule has 3 rings (SSSR count). The third kappa shape index (κ3) is 4.99. The van der Waals surface area contributed by atoms with Crippen molar-refractivity contribution in [3.05, 3.63) is 64.2 Å². The SMILES string of the molecule is CCN(CC)CCN1C(=O)C(=O)C(=C(O)c2ccc(Cl)cc2)[C@H]1c1ccc(OC)c(OC)c1. The molecular weight excluding hydrogens is 444 g/mol. The number of hydrogen-bond donors (Lipinski definition) is 1. The number of benzene rings is 2. The maximum atomic E-state index is 13.1. The lowest BCUT2D eigenvalue weighted by Gasteiger charge is -2.28.